The standard InChI is InChI=1S/C17H24N2OS/c1-11(2)14-7-6-12(3)8-15(14)20-10-17-19-13(4)16(21-17)9-18-5/h6-8,11,18H,9-10H2,1-5H3. The number of ether oxygens (including phenoxy) is 1. The van der Waals surface area contributed by atoms with Crippen LogP contribution in [-0.4, -0.2) is 12.0 Å². The molecule has 3 nitrogen and oxygen atoms in total. The van der Waals surface area contributed by atoms with Crippen molar-refractivity contribution in [2.24, 2.45) is 0 Å². The van der Waals surface area contributed by atoms with E-state index in [2.05, 4.69) is 56.2 Å². The molecule has 0 atom stereocenters. The van der Waals surface area contributed by atoms with Crippen molar-refractivity contribution in [3.05, 3.63) is 44.9 Å². The van der Waals surface area contributed by atoms with E-state index in [1.807, 2.05) is 7.05 Å². The molecule has 1 heterocycles. The minimum atomic E-state index is 0.457. The second-order valence-corrected chi connectivity index (χ2v) is 6.80. The van der Waals surface area contributed by atoms with Crippen LogP contribution in [0.25, 0.3) is 0 Å². The zero-order valence-corrected chi connectivity index (χ0v) is 14.3. The van der Waals surface area contributed by atoms with E-state index in [1.54, 1.807) is 11.3 Å². The number of hydrogen-bond acceptors (Lipinski definition) is 4. The highest BCUT2D eigenvalue weighted by molar-refractivity contribution is 7.11. The van der Waals surface area contributed by atoms with Crippen molar-refractivity contribution in [1.82, 2.24) is 10.3 Å². The van der Waals surface area contributed by atoms with Gasteiger partial charge in [-0.25, -0.2) is 4.98 Å². The van der Waals surface area contributed by atoms with Crippen LogP contribution in [0.5, 0.6) is 5.75 Å². The van der Waals surface area contributed by atoms with Crippen LogP contribution in [0.1, 0.15) is 46.5 Å². The maximum absolute atomic E-state index is 6.04. The number of hydrogen-bond donors (Lipinski definition) is 1. The monoisotopic (exact) mass is 304 g/mol. The molecule has 0 amide bonds. The van der Waals surface area contributed by atoms with E-state index < -0.39 is 0 Å². The summed E-state index contributed by atoms with van der Waals surface area (Å²) in [7, 11) is 1.96. The third kappa shape index (κ3) is 4.05. The first-order valence-corrected chi connectivity index (χ1v) is 8.16. The first kappa shape index (κ1) is 16.0. The Labute approximate surface area is 131 Å². The van der Waals surface area contributed by atoms with Gasteiger partial charge in [-0.1, -0.05) is 26.0 Å². The van der Waals surface area contributed by atoms with Crippen molar-refractivity contribution < 1.29 is 4.74 Å². The van der Waals surface area contributed by atoms with Crippen LogP contribution in [0.15, 0.2) is 18.2 Å². The average Bonchev–Trinajstić information content (AvgIpc) is 2.77. The maximum Gasteiger partial charge on any atom is 0.140 e. The Morgan fingerprint density at radius 1 is 1.29 bits per heavy atom. The van der Waals surface area contributed by atoms with Gasteiger partial charge in [-0.15, -0.1) is 11.3 Å². The van der Waals surface area contributed by atoms with E-state index in [0.717, 1.165) is 23.0 Å². The average molecular weight is 304 g/mol. The van der Waals surface area contributed by atoms with Gasteiger partial charge in [-0.2, -0.15) is 0 Å². The van der Waals surface area contributed by atoms with Crippen molar-refractivity contribution in [3.63, 3.8) is 0 Å². The Kier molecular flexibility index (Phi) is 5.37. The van der Waals surface area contributed by atoms with Gasteiger partial charge < -0.3 is 10.1 Å². The van der Waals surface area contributed by atoms with Gasteiger partial charge in [0.05, 0.1) is 5.69 Å². The molecule has 4 heteroatoms. The van der Waals surface area contributed by atoms with Gasteiger partial charge in [-0.3, -0.25) is 0 Å². The van der Waals surface area contributed by atoms with Crippen molar-refractivity contribution in [2.45, 2.75) is 46.8 Å². The summed E-state index contributed by atoms with van der Waals surface area (Å²) in [6, 6.07) is 6.42. The number of thiazole rings is 1. The number of rotatable bonds is 6. The quantitative estimate of drug-likeness (QED) is 0.869. The van der Waals surface area contributed by atoms with Gasteiger partial charge >= 0.3 is 0 Å². The number of aromatic nitrogens is 1. The molecule has 2 aromatic rings. The van der Waals surface area contributed by atoms with E-state index >= 15 is 0 Å². The summed E-state index contributed by atoms with van der Waals surface area (Å²) in [4.78, 5) is 5.88. The number of nitrogens with one attached hydrogen (secondary N) is 1. The summed E-state index contributed by atoms with van der Waals surface area (Å²) < 4.78 is 6.04. The molecule has 2 rings (SSSR count). The molecule has 0 saturated heterocycles. The summed E-state index contributed by atoms with van der Waals surface area (Å²) >= 11 is 1.72. The second-order valence-electron chi connectivity index (χ2n) is 5.63. The smallest absolute Gasteiger partial charge is 0.140 e. The largest absolute Gasteiger partial charge is 0.486 e. The van der Waals surface area contributed by atoms with Crippen molar-refractivity contribution >= 4 is 11.3 Å². The van der Waals surface area contributed by atoms with Crippen molar-refractivity contribution in [1.29, 1.82) is 0 Å². The Hall–Kier alpha value is -1.39. The topological polar surface area (TPSA) is 34.1 Å². The van der Waals surface area contributed by atoms with Crippen molar-refractivity contribution in [3.8, 4) is 5.75 Å². The summed E-state index contributed by atoms with van der Waals surface area (Å²) in [5.74, 6) is 1.44. The summed E-state index contributed by atoms with van der Waals surface area (Å²) in [5.41, 5.74) is 3.58. The van der Waals surface area contributed by atoms with E-state index in [0.29, 0.717) is 12.5 Å². The lowest BCUT2D eigenvalue weighted by Gasteiger charge is -2.14. The Balaban J connectivity index is 2.12. The first-order valence-electron chi connectivity index (χ1n) is 7.34. The van der Waals surface area contributed by atoms with Crippen LogP contribution in [0, 0.1) is 13.8 Å². The predicted molar refractivity (Wildman–Crippen MR) is 89.2 cm³/mol. The predicted octanol–water partition coefficient (Wildman–Crippen LogP) is 4.18. The van der Waals surface area contributed by atoms with Crippen LogP contribution in [0.2, 0.25) is 0 Å². The summed E-state index contributed by atoms with van der Waals surface area (Å²) in [6.45, 7) is 9.93. The van der Waals surface area contributed by atoms with E-state index in [4.69, 9.17) is 4.74 Å². The van der Waals surface area contributed by atoms with Crippen LogP contribution in [0.3, 0.4) is 0 Å². The summed E-state index contributed by atoms with van der Waals surface area (Å²) in [5, 5.41) is 4.21. The van der Waals surface area contributed by atoms with Gasteiger partial charge in [0.1, 0.15) is 17.4 Å². The van der Waals surface area contributed by atoms with E-state index in [-0.39, 0.29) is 0 Å². The zero-order valence-electron chi connectivity index (χ0n) is 13.5. The molecule has 0 saturated carbocycles. The molecule has 21 heavy (non-hydrogen) atoms. The molecule has 114 valence electrons. The third-order valence-corrected chi connectivity index (χ3v) is 4.55. The molecule has 0 bridgehead atoms. The highest BCUT2D eigenvalue weighted by Gasteiger charge is 2.11. The molecule has 1 N–H and O–H groups in total. The lowest BCUT2D eigenvalue weighted by molar-refractivity contribution is 0.301. The lowest BCUT2D eigenvalue weighted by atomic mass is 10.0. The number of aryl methyl sites for hydroxylation is 2. The van der Waals surface area contributed by atoms with Gasteiger partial charge in [0.25, 0.3) is 0 Å². The fraction of sp³-hybridized carbons (Fsp3) is 0.471. The molecule has 0 spiro atoms. The second kappa shape index (κ2) is 7.05. The fourth-order valence-electron chi connectivity index (χ4n) is 2.26. The normalized spacial score (nSPS) is 11.1. The van der Waals surface area contributed by atoms with Crippen molar-refractivity contribution in [2.75, 3.05) is 7.05 Å². The van der Waals surface area contributed by atoms with Gasteiger partial charge in [0, 0.05) is 11.4 Å². The molecule has 0 fully saturated rings. The van der Waals surface area contributed by atoms with Crippen LogP contribution in [-0.2, 0) is 13.2 Å². The maximum atomic E-state index is 6.04. The fourth-order valence-corrected chi connectivity index (χ4v) is 3.25. The third-order valence-electron chi connectivity index (χ3n) is 3.42. The molecule has 1 aromatic heterocycles. The Morgan fingerprint density at radius 2 is 2.05 bits per heavy atom. The lowest BCUT2D eigenvalue weighted by Crippen LogP contribution is -2.04. The molecule has 1 aromatic carbocycles. The highest BCUT2D eigenvalue weighted by atomic mass is 32.1. The van der Waals surface area contributed by atoms with Gasteiger partial charge in [-0.05, 0) is 44.0 Å². The number of nitrogens with zero attached hydrogens (tertiary/aromatic N) is 1. The molecule has 0 aliphatic carbocycles. The van der Waals surface area contributed by atoms with Crippen LogP contribution >= 0.6 is 11.3 Å². The molecule has 0 radical (unpaired) electrons. The van der Waals surface area contributed by atoms with Gasteiger partial charge in [0.15, 0.2) is 0 Å². The Morgan fingerprint density at radius 3 is 2.71 bits per heavy atom. The summed E-state index contributed by atoms with van der Waals surface area (Å²) in [6.07, 6.45) is 0. The van der Waals surface area contributed by atoms with E-state index in [1.165, 1.54) is 16.0 Å². The Bertz CT molecular complexity index is 605. The van der Waals surface area contributed by atoms with Gasteiger partial charge in [0.2, 0.25) is 0 Å². The number of benzene rings is 1. The molecular formula is C17H24N2OS. The van der Waals surface area contributed by atoms with E-state index in [9.17, 15) is 0 Å². The van der Waals surface area contributed by atoms with Crippen LogP contribution in [0.4, 0.5) is 0 Å². The molecule has 0 aliphatic heterocycles. The molecule has 0 aliphatic rings. The molecular weight excluding hydrogens is 280 g/mol. The van der Waals surface area contributed by atoms with Crippen LogP contribution < -0.4 is 10.1 Å². The SMILES string of the molecule is CNCc1sc(COc2cc(C)ccc2C(C)C)nc1C. The minimum Gasteiger partial charge on any atom is -0.486 e. The first-order chi connectivity index (χ1) is 10.0. The molecule has 0 unspecified atom stereocenters. The zero-order chi connectivity index (χ0) is 15.4. The minimum absolute atomic E-state index is 0.457. The highest BCUT2D eigenvalue weighted by Crippen LogP contribution is 2.29.